The number of hydrogen-bond acceptors (Lipinski definition) is 5. The molecule has 0 spiro atoms. The Hall–Kier alpha value is -3.43. The van der Waals surface area contributed by atoms with Crippen LogP contribution >= 0.6 is 0 Å². The molecule has 3 heterocycles. The van der Waals surface area contributed by atoms with Gasteiger partial charge in [0.05, 0.1) is 35.7 Å². The predicted molar refractivity (Wildman–Crippen MR) is 99.4 cm³/mol. The van der Waals surface area contributed by atoms with Gasteiger partial charge in [-0.05, 0) is 26.3 Å². The van der Waals surface area contributed by atoms with Crippen molar-refractivity contribution in [3.05, 3.63) is 41.7 Å². The van der Waals surface area contributed by atoms with Crippen molar-refractivity contribution >= 4 is 23.2 Å². The van der Waals surface area contributed by atoms with Crippen LogP contribution in [0.1, 0.15) is 28.7 Å². The van der Waals surface area contributed by atoms with E-state index in [0.717, 1.165) is 11.3 Å². The molecular weight excluding hydrogens is 348 g/mol. The summed E-state index contributed by atoms with van der Waals surface area (Å²) in [7, 11) is 1.80. The number of rotatable bonds is 6. The zero-order chi connectivity index (χ0) is 19.6. The normalized spacial score (nSPS) is 10.8. The second-order valence-corrected chi connectivity index (χ2v) is 6.21. The molecule has 0 aliphatic rings. The van der Waals surface area contributed by atoms with Crippen molar-refractivity contribution in [3.8, 4) is 0 Å². The summed E-state index contributed by atoms with van der Waals surface area (Å²) in [4.78, 5) is 25.1. The van der Waals surface area contributed by atoms with Gasteiger partial charge in [-0.15, -0.1) is 0 Å². The van der Waals surface area contributed by atoms with Crippen LogP contribution in [0.3, 0.4) is 0 Å². The van der Waals surface area contributed by atoms with E-state index in [2.05, 4.69) is 25.9 Å². The van der Waals surface area contributed by atoms with Crippen LogP contribution in [0.4, 0.5) is 11.4 Å². The van der Waals surface area contributed by atoms with Crippen molar-refractivity contribution in [2.24, 2.45) is 7.05 Å². The summed E-state index contributed by atoms with van der Waals surface area (Å²) < 4.78 is 4.74. The average Bonchev–Trinajstić information content (AvgIpc) is 3.30. The first-order valence-electron chi connectivity index (χ1n) is 8.53. The molecule has 0 radical (unpaired) electrons. The number of aromatic nitrogens is 6. The van der Waals surface area contributed by atoms with Crippen LogP contribution in [0.5, 0.6) is 0 Å². The van der Waals surface area contributed by atoms with Gasteiger partial charge in [0, 0.05) is 19.8 Å². The minimum Gasteiger partial charge on any atom is -0.321 e. The summed E-state index contributed by atoms with van der Waals surface area (Å²) in [5, 5.41) is 18.0. The van der Waals surface area contributed by atoms with Gasteiger partial charge in [-0.2, -0.15) is 15.3 Å². The summed E-state index contributed by atoms with van der Waals surface area (Å²) in [6.45, 7) is 6.16. The van der Waals surface area contributed by atoms with Crippen molar-refractivity contribution < 1.29 is 9.59 Å². The van der Waals surface area contributed by atoms with Crippen LogP contribution in [-0.4, -0.2) is 41.2 Å². The molecule has 2 amide bonds. The first-order valence-corrected chi connectivity index (χ1v) is 8.53. The second kappa shape index (κ2) is 7.44. The molecule has 0 bridgehead atoms. The van der Waals surface area contributed by atoms with E-state index in [1.165, 1.54) is 15.6 Å². The molecule has 0 saturated heterocycles. The molecule has 0 aromatic carbocycles. The topological polar surface area (TPSA) is 112 Å². The highest BCUT2D eigenvalue weighted by Crippen LogP contribution is 2.19. The summed E-state index contributed by atoms with van der Waals surface area (Å²) in [5.74, 6) is -0.656. The Labute approximate surface area is 156 Å². The standard InChI is InChI=1S/C17H22N8O2/c1-5-25-16(17(27)22-13-7-18-23(4)12(13)3)14(8-20-25)21-15(26)10-24-9-11(2)6-19-24/h6-9H,5,10H2,1-4H3,(H,21,26)(H,22,27). The molecule has 27 heavy (non-hydrogen) atoms. The molecule has 10 heteroatoms. The number of nitrogens with one attached hydrogen (secondary N) is 2. The summed E-state index contributed by atoms with van der Waals surface area (Å²) >= 11 is 0. The lowest BCUT2D eigenvalue weighted by molar-refractivity contribution is -0.116. The molecule has 0 aliphatic heterocycles. The Balaban J connectivity index is 1.78. The Morgan fingerprint density at radius 1 is 1.04 bits per heavy atom. The number of amides is 2. The molecule has 0 unspecified atom stereocenters. The van der Waals surface area contributed by atoms with E-state index < -0.39 is 0 Å². The Morgan fingerprint density at radius 2 is 1.78 bits per heavy atom. The zero-order valence-corrected chi connectivity index (χ0v) is 15.7. The molecule has 3 aromatic rings. The minimum atomic E-state index is -0.365. The third kappa shape index (κ3) is 3.89. The lowest BCUT2D eigenvalue weighted by atomic mass is 10.3. The maximum atomic E-state index is 12.8. The van der Waals surface area contributed by atoms with Gasteiger partial charge < -0.3 is 10.6 Å². The first kappa shape index (κ1) is 18.4. The van der Waals surface area contributed by atoms with Crippen LogP contribution in [0.2, 0.25) is 0 Å². The van der Waals surface area contributed by atoms with Gasteiger partial charge in [-0.1, -0.05) is 0 Å². The second-order valence-electron chi connectivity index (χ2n) is 6.21. The molecule has 2 N–H and O–H groups in total. The smallest absolute Gasteiger partial charge is 0.276 e. The lowest BCUT2D eigenvalue weighted by Crippen LogP contribution is -2.23. The highest BCUT2D eigenvalue weighted by atomic mass is 16.2. The Kier molecular flexibility index (Phi) is 5.06. The molecule has 0 atom stereocenters. The SMILES string of the molecule is CCn1ncc(NC(=O)Cn2cc(C)cn2)c1C(=O)Nc1cnn(C)c1C. The van der Waals surface area contributed by atoms with Crippen LogP contribution in [0, 0.1) is 13.8 Å². The number of nitrogens with zero attached hydrogens (tertiary/aromatic N) is 6. The number of hydrogen-bond donors (Lipinski definition) is 2. The number of anilines is 2. The zero-order valence-electron chi connectivity index (χ0n) is 15.7. The van der Waals surface area contributed by atoms with Crippen LogP contribution < -0.4 is 10.6 Å². The van der Waals surface area contributed by atoms with Gasteiger partial charge in [0.25, 0.3) is 5.91 Å². The molecule has 142 valence electrons. The fourth-order valence-electron chi connectivity index (χ4n) is 2.65. The monoisotopic (exact) mass is 370 g/mol. The molecule has 3 rings (SSSR count). The van der Waals surface area contributed by atoms with E-state index in [-0.39, 0.29) is 24.1 Å². The maximum absolute atomic E-state index is 12.8. The third-order valence-electron chi connectivity index (χ3n) is 4.18. The average molecular weight is 370 g/mol. The summed E-state index contributed by atoms with van der Waals surface area (Å²) in [6.07, 6.45) is 6.50. The van der Waals surface area contributed by atoms with Crippen molar-refractivity contribution in [2.75, 3.05) is 10.6 Å². The van der Waals surface area contributed by atoms with Crippen molar-refractivity contribution in [2.45, 2.75) is 33.9 Å². The Bertz CT molecular complexity index is 981. The van der Waals surface area contributed by atoms with Crippen LogP contribution in [0.15, 0.2) is 24.8 Å². The van der Waals surface area contributed by atoms with E-state index in [1.54, 1.807) is 30.3 Å². The van der Waals surface area contributed by atoms with Crippen molar-refractivity contribution in [3.63, 3.8) is 0 Å². The van der Waals surface area contributed by atoms with Crippen LogP contribution in [0.25, 0.3) is 0 Å². The fraction of sp³-hybridized carbons (Fsp3) is 0.353. The summed E-state index contributed by atoms with van der Waals surface area (Å²) in [5.41, 5.74) is 3.03. The number of aryl methyl sites for hydroxylation is 3. The molecule has 0 saturated carbocycles. The van der Waals surface area contributed by atoms with E-state index >= 15 is 0 Å². The van der Waals surface area contributed by atoms with Gasteiger partial charge in [-0.3, -0.25) is 23.6 Å². The van der Waals surface area contributed by atoms with Gasteiger partial charge in [0.15, 0.2) is 0 Å². The van der Waals surface area contributed by atoms with E-state index in [4.69, 9.17) is 0 Å². The highest BCUT2D eigenvalue weighted by molar-refractivity contribution is 6.09. The fourth-order valence-corrected chi connectivity index (χ4v) is 2.65. The van der Waals surface area contributed by atoms with Crippen LogP contribution in [-0.2, 0) is 24.9 Å². The number of carbonyl (C=O) groups is 2. The van der Waals surface area contributed by atoms with E-state index in [1.807, 2.05) is 20.8 Å². The van der Waals surface area contributed by atoms with Crippen molar-refractivity contribution in [1.82, 2.24) is 29.3 Å². The molecule has 0 fully saturated rings. The number of carbonyl (C=O) groups excluding carboxylic acids is 2. The van der Waals surface area contributed by atoms with Gasteiger partial charge >= 0.3 is 0 Å². The first-order chi connectivity index (χ1) is 12.9. The van der Waals surface area contributed by atoms with E-state index in [0.29, 0.717) is 17.9 Å². The third-order valence-corrected chi connectivity index (χ3v) is 4.18. The van der Waals surface area contributed by atoms with Gasteiger partial charge in [0.1, 0.15) is 12.2 Å². The van der Waals surface area contributed by atoms with E-state index in [9.17, 15) is 9.59 Å². The minimum absolute atomic E-state index is 0.0495. The molecular formula is C17H22N8O2. The maximum Gasteiger partial charge on any atom is 0.276 e. The van der Waals surface area contributed by atoms with Gasteiger partial charge in [0.2, 0.25) is 5.91 Å². The lowest BCUT2D eigenvalue weighted by Gasteiger charge is -2.10. The van der Waals surface area contributed by atoms with Crippen molar-refractivity contribution in [1.29, 1.82) is 0 Å². The molecule has 3 aromatic heterocycles. The predicted octanol–water partition coefficient (Wildman–Crippen LogP) is 1.34. The van der Waals surface area contributed by atoms with Gasteiger partial charge in [-0.25, -0.2) is 0 Å². The summed E-state index contributed by atoms with van der Waals surface area (Å²) in [6, 6.07) is 0. The largest absolute Gasteiger partial charge is 0.321 e. The molecule has 10 nitrogen and oxygen atoms in total. The molecule has 0 aliphatic carbocycles. The highest BCUT2D eigenvalue weighted by Gasteiger charge is 2.21. The quantitative estimate of drug-likeness (QED) is 0.680. The Morgan fingerprint density at radius 3 is 2.37 bits per heavy atom.